The number of unbranched alkanes of at least 4 members (excludes halogenated alkanes) is 1. The van der Waals surface area contributed by atoms with E-state index in [1.807, 2.05) is 0 Å². The molecule has 6 rings (SSSR count). The number of nitrogens with one attached hydrogen (secondary N) is 2. The Morgan fingerprint density at radius 3 is 1.64 bits per heavy atom. The van der Waals surface area contributed by atoms with Gasteiger partial charge in [-0.05, 0) is 12.8 Å². The van der Waals surface area contributed by atoms with E-state index >= 15 is 0 Å². The summed E-state index contributed by atoms with van der Waals surface area (Å²) in [5, 5.41) is 13.6. The number of ketones is 2. The molecule has 12 nitrogen and oxygen atoms in total. The number of amides is 2. The second kappa shape index (κ2) is 8.84. The third-order valence-electron chi connectivity index (χ3n) is 7.56. The smallest absolute Gasteiger partial charge is 0.269 e. The molecule has 4 aliphatic heterocycles. The van der Waals surface area contributed by atoms with E-state index in [0.29, 0.717) is 51.6 Å². The number of hydrogen-bond donors (Lipinski definition) is 2. The van der Waals surface area contributed by atoms with Crippen molar-refractivity contribution in [3.05, 3.63) is 0 Å². The van der Waals surface area contributed by atoms with Gasteiger partial charge in [0, 0.05) is 38.8 Å². The number of halogens is 2. The number of hydrogen-bond acceptors (Lipinski definition) is 10. The van der Waals surface area contributed by atoms with Crippen molar-refractivity contribution in [1.29, 1.82) is 0 Å². The molecule has 2 unspecified atom stereocenters. The number of nitrogens with zero attached hydrogens (tertiary/aromatic N) is 2. The summed E-state index contributed by atoms with van der Waals surface area (Å²) in [7, 11) is 0. The number of carbonyl (C=O) groups excluding carboxylic acids is 4. The topological polar surface area (TPSA) is 161 Å². The molecule has 0 bridgehead atoms. The molecule has 36 heavy (non-hydrogen) atoms. The zero-order valence-electron chi connectivity index (χ0n) is 19.0. The number of Topliss-reactive ketones (excluding diaryl/α,β-unsaturated/α-hetero) is 2. The van der Waals surface area contributed by atoms with Crippen molar-refractivity contribution in [2.24, 2.45) is 10.3 Å². The van der Waals surface area contributed by atoms with Gasteiger partial charge in [-0.15, -0.1) is 0 Å². The van der Waals surface area contributed by atoms with E-state index in [-0.39, 0.29) is 56.7 Å². The molecule has 2 N–H and O–H groups in total. The second-order valence-corrected chi connectivity index (χ2v) is 12.3. The minimum atomic E-state index is -0.760. The summed E-state index contributed by atoms with van der Waals surface area (Å²) in [6.45, 7) is 0.828. The van der Waals surface area contributed by atoms with Crippen molar-refractivity contribution in [2.75, 3.05) is 13.1 Å². The number of rotatable bonds is 7. The summed E-state index contributed by atoms with van der Waals surface area (Å²) in [5.41, 5.74) is -0.942. The normalized spacial score (nSPS) is 41.6. The predicted molar refractivity (Wildman–Crippen MR) is 129 cm³/mol. The predicted octanol–water partition coefficient (Wildman–Crippen LogP) is 0.0366. The maximum atomic E-state index is 12.5. The van der Waals surface area contributed by atoms with Crippen molar-refractivity contribution < 1.29 is 38.3 Å². The lowest BCUT2D eigenvalue weighted by atomic mass is 9.81. The highest BCUT2D eigenvalue weighted by atomic mass is 79.9. The van der Waals surface area contributed by atoms with Gasteiger partial charge in [-0.2, -0.15) is 0 Å². The van der Waals surface area contributed by atoms with Crippen LogP contribution in [0.25, 0.3) is 0 Å². The zero-order chi connectivity index (χ0) is 25.2. The van der Waals surface area contributed by atoms with E-state index in [4.69, 9.17) is 19.1 Å². The van der Waals surface area contributed by atoms with Gasteiger partial charge in [-0.3, -0.25) is 19.2 Å². The Bertz CT molecular complexity index is 1010. The van der Waals surface area contributed by atoms with Crippen LogP contribution in [0, 0.1) is 0 Å². The van der Waals surface area contributed by atoms with Crippen molar-refractivity contribution >= 4 is 66.7 Å². The summed E-state index contributed by atoms with van der Waals surface area (Å²) >= 11 is 6.73. The molecule has 14 heteroatoms. The Labute approximate surface area is 222 Å². The van der Waals surface area contributed by atoms with E-state index < -0.39 is 23.4 Å². The maximum Gasteiger partial charge on any atom is 0.269 e. The number of ether oxygens (including phenoxy) is 2. The van der Waals surface area contributed by atoms with Gasteiger partial charge in [0.05, 0.1) is 9.65 Å². The van der Waals surface area contributed by atoms with Gasteiger partial charge >= 0.3 is 0 Å². The molecule has 2 spiro atoms. The standard InChI is InChI=1S/C22H24Br2N4O8/c23-9-5-21(17-15(33-17)13(9)29)7-11(27-35-21)19(31)25-3-1-2-4-26-20(32)12-8-22(36-28-12)6-10(24)14(30)16-18(22)34-16/h9-10,15-18H,1-8H2,(H,25,31)(H,26,32)/t9?,10?,15-,16-,17-,18-,21-,22-/m1/s1. The monoisotopic (exact) mass is 630 g/mol. The highest BCUT2D eigenvalue weighted by Crippen LogP contribution is 2.50. The van der Waals surface area contributed by atoms with Gasteiger partial charge in [-0.1, -0.05) is 42.2 Å². The number of fused-ring (bicyclic) bond motifs is 4. The average molecular weight is 632 g/mol. The first-order chi connectivity index (χ1) is 17.2. The SMILES string of the molecule is O=C(NCCCCNC(=O)C1=NO[C@@]2(C1)CC(Br)C(=O)[C@H]1O[C@H]12)C1=NO[C@@]2(C1)CC(Br)C(=O)[C@H]1O[C@H]12. The lowest BCUT2D eigenvalue weighted by Crippen LogP contribution is -2.48. The number of alkyl halides is 2. The van der Waals surface area contributed by atoms with E-state index in [1.54, 1.807) is 0 Å². The van der Waals surface area contributed by atoms with Crippen molar-refractivity contribution in [1.82, 2.24) is 10.6 Å². The molecular weight excluding hydrogens is 608 g/mol. The lowest BCUT2D eigenvalue weighted by Gasteiger charge is -2.29. The van der Waals surface area contributed by atoms with E-state index in [0.717, 1.165) is 0 Å². The van der Waals surface area contributed by atoms with Crippen LogP contribution in [0.5, 0.6) is 0 Å². The van der Waals surface area contributed by atoms with E-state index in [1.165, 1.54) is 0 Å². The van der Waals surface area contributed by atoms with Gasteiger partial charge < -0.3 is 29.8 Å². The highest BCUT2D eigenvalue weighted by molar-refractivity contribution is 9.10. The van der Waals surface area contributed by atoms with Gasteiger partial charge in [0.2, 0.25) is 0 Å². The van der Waals surface area contributed by atoms with Crippen LogP contribution in [0.3, 0.4) is 0 Å². The minimum Gasteiger partial charge on any atom is -0.385 e. The fourth-order valence-corrected chi connectivity index (χ4v) is 7.08. The maximum absolute atomic E-state index is 12.5. The second-order valence-electron chi connectivity index (χ2n) is 10.1. The molecule has 0 aromatic carbocycles. The highest BCUT2D eigenvalue weighted by Gasteiger charge is 2.68. The molecule has 0 aromatic rings. The van der Waals surface area contributed by atoms with Crippen LogP contribution >= 0.6 is 31.9 Å². The first kappa shape index (κ1) is 24.4. The quantitative estimate of drug-likeness (QED) is 0.226. The van der Waals surface area contributed by atoms with Crippen molar-refractivity contribution in [3.63, 3.8) is 0 Å². The molecule has 8 atom stereocenters. The molecule has 194 valence electrons. The van der Waals surface area contributed by atoms with Gasteiger partial charge in [0.1, 0.15) is 35.8 Å². The largest absolute Gasteiger partial charge is 0.385 e. The number of oxime groups is 2. The van der Waals surface area contributed by atoms with Gasteiger partial charge in [0.15, 0.2) is 22.8 Å². The Morgan fingerprint density at radius 2 is 1.22 bits per heavy atom. The molecule has 2 aliphatic carbocycles. The summed E-state index contributed by atoms with van der Waals surface area (Å²) in [6.07, 6.45) is 1.07. The number of epoxide rings is 2. The van der Waals surface area contributed by atoms with Crippen molar-refractivity contribution in [2.45, 2.75) is 83.8 Å². The first-order valence-electron chi connectivity index (χ1n) is 12.0. The molecule has 0 aromatic heterocycles. The molecule has 0 radical (unpaired) electrons. The van der Waals surface area contributed by atoms with Gasteiger partial charge in [0.25, 0.3) is 11.8 Å². The Kier molecular flexibility index (Phi) is 6.00. The van der Waals surface area contributed by atoms with Gasteiger partial charge in [-0.25, -0.2) is 0 Å². The Balaban J connectivity index is 0.882. The van der Waals surface area contributed by atoms with Crippen LogP contribution in [0.1, 0.15) is 38.5 Å². The summed E-state index contributed by atoms with van der Waals surface area (Å²) < 4.78 is 10.9. The zero-order valence-corrected chi connectivity index (χ0v) is 22.2. The van der Waals surface area contributed by atoms with E-state index in [2.05, 4.69) is 52.8 Å². The average Bonchev–Trinajstić information content (AvgIpc) is 3.76. The Morgan fingerprint density at radius 1 is 0.806 bits per heavy atom. The molecule has 4 heterocycles. The van der Waals surface area contributed by atoms with Crippen LogP contribution < -0.4 is 10.6 Å². The van der Waals surface area contributed by atoms with Crippen LogP contribution in [0.2, 0.25) is 0 Å². The van der Waals surface area contributed by atoms with E-state index in [9.17, 15) is 19.2 Å². The van der Waals surface area contributed by atoms with Crippen LogP contribution in [0.4, 0.5) is 0 Å². The molecule has 2 saturated carbocycles. The number of carbonyl (C=O) groups is 4. The van der Waals surface area contributed by atoms with Crippen LogP contribution in [0.15, 0.2) is 10.3 Å². The molecule has 6 aliphatic rings. The molecule has 4 fully saturated rings. The molecule has 2 saturated heterocycles. The Hall–Kier alpha value is -1.90. The summed E-state index contributed by atoms with van der Waals surface area (Å²) in [6, 6.07) is 0. The minimum absolute atomic E-state index is 0.00914. The molecule has 2 amide bonds. The van der Waals surface area contributed by atoms with Crippen LogP contribution in [-0.2, 0) is 38.3 Å². The van der Waals surface area contributed by atoms with Crippen LogP contribution in [-0.4, -0.2) is 93.2 Å². The first-order valence-corrected chi connectivity index (χ1v) is 13.8. The fourth-order valence-electron chi connectivity index (χ4n) is 5.47. The fraction of sp³-hybridized carbons (Fsp3) is 0.727. The summed E-state index contributed by atoms with van der Waals surface area (Å²) in [4.78, 5) is 59.4. The molecular formula is C22H24Br2N4O8. The third-order valence-corrected chi connectivity index (χ3v) is 9.11. The third kappa shape index (κ3) is 4.09. The summed E-state index contributed by atoms with van der Waals surface area (Å²) in [5.74, 6) is -0.601. The van der Waals surface area contributed by atoms with Crippen molar-refractivity contribution in [3.8, 4) is 0 Å². The lowest BCUT2D eigenvalue weighted by molar-refractivity contribution is -0.123.